The van der Waals surface area contributed by atoms with Gasteiger partial charge in [-0.2, -0.15) is 0 Å². The minimum absolute atomic E-state index is 0.00664. The molecule has 10 amide bonds. The Balaban J connectivity index is 2.30. The van der Waals surface area contributed by atoms with Crippen LogP contribution >= 0.6 is 21.6 Å². The van der Waals surface area contributed by atoms with Crippen LogP contribution in [0.4, 0.5) is 0 Å². The van der Waals surface area contributed by atoms with Crippen LogP contribution in [-0.2, 0) is 64.0 Å². The van der Waals surface area contributed by atoms with Gasteiger partial charge in [0.2, 0.25) is 59.1 Å². The Morgan fingerprint density at radius 1 is 0.632 bits per heavy atom. The summed E-state index contributed by atoms with van der Waals surface area (Å²) in [5.41, 5.74) is 50.8. The zero-order chi connectivity index (χ0) is 70.8. The number of amides is 10. The Morgan fingerprint density at radius 3 is 1.66 bits per heavy atom. The average Bonchev–Trinajstić information content (AvgIpc) is 0.864. The first kappa shape index (κ1) is 79.8. The van der Waals surface area contributed by atoms with E-state index in [9.17, 15) is 67.7 Å². The van der Waals surface area contributed by atoms with Crippen molar-refractivity contribution in [3.63, 3.8) is 0 Å². The summed E-state index contributed by atoms with van der Waals surface area (Å²) in [6.07, 6.45) is 3.26. The molecule has 1 aromatic rings. The largest absolute Gasteiger partial charge is 0.481 e. The number of carboxylic acids is 2. The second-order valence-corrected chi connectivity index (χ2v) is 25.5. The molecule has 39 nitrogen and oxygen atoms in total. The van der Waals surface area contributed by atoms with E-state index in [1.54, 1.807) is 0 Å². The molecule has 95 heavy (non-hydrogen) atoms. The number of carbonyl (C=O) groups excluding carboxylic acids is 10. The molecule has 530 valence electrons. The molecule has 1 saturated carbocycles. The number of hydrogen-bond donors (Lipinski definition) is 22. The van der Waals surface area contributed by atoms with E-state index in [-0.39, 0.29) is 121 Å². The third-order valence-electron chi connectivity index (χ3n) is 14.6. The van der Waals surface area contributed by atoms with Gasteiger partial charge in [-0.15, -0.1) is 0 Å². The fourth-order valence-corrected chi connectivity index (χ4v) is 13.2. The highest BCUT2D eigenvalue weighted by Gasteiger charge is 2.47. The SMILES string of the molecule is CC(C)[C@@H]1NC(=O)[C@H](CC(=O)O)NC(=O)CNC(=O)[C@H](CCCN=C(N)N)NC(=O)[C@H](Cc2cnc[nH]2)NC(=O)CNC(=O)C(NC(=O)[C@@H](N)CCCN=C(N)N)C2(CCCCC2)SSC[C@@H](C(=O)N[C@@H](CCCN=C(N)N)C(=O)O)NC(=O)[C@H](CCCN=C(N)N)NC1=O. The van der Waals surface area contributed by atoms with Crippen molar-refractivity contribution in [1.82, 2.24) is 63.1 Å². The molecule has 1 aromatic heterocycles. The van der Waals surface area contributed by atoms with E-state index in [0.29, 0.717) is 25.0 Å². The van der Waals surface area contributed by atoms with Gasteiger partial charge in [-0.3, -0.25) is 72.7 Å². The van der Waals surface area contributed by atoms with Gasteiger partial charge >= 0.3 is 11.9 Å². The maximum Gasteiger partial charge on any atom is 0.326 e. The van der Waals surface area contributed by atoms with E-state index in [4.69, 9.17) is 51.6 Å². The summed E-state index contributed by atoms with van der Waals surface area (Å²) < 4.78 is -1.29. The second kappa shape index (κ2) is 41.3. The number of guanidine groups is 4. The van der Waals surface area contributed by atoms with Crippen LogP contribution in [0.15, 0.2) is 32.5 Å². The summed E-state index contributed by atoms with van der Waals surface area (Å²) in [5.74, 6) is -15.2. The lowest BCUT2D eigenvalue weighted by molar-refractivity contribution is -0.142. The number of imidazole rings is 1. The van der Waals surface area contributed by atoms with E-state index in [1.807, 2.05) is 0 Å². The third-order valence-corrected chi connectivity index (χ3v) is 18.0. The second-order valence-electron chi connectivity index (χ2n) is 22.7. The van der Waals surface area contributed by atoms with Gasteiger partial charge in [0, 0.05) is 50.2 Å². The molecule has 0 bridgehead atoms. The fourth-order valence-electron chi connectivity index (χ4n) is 9.74. The van der Waals surface area contributed by atoms with Crippen molar-refractivity contribution in [2.24, 2.45) is 77.5 Å². The van der Waals surface area contributed by atoms with Crippen LogP contribution in [0.1, 0.15) is 109 Å². The topological polar surface area (TPSA) is 678 Å². The van der Waals surface area contributed by atoms with Gasteiger partial charge in [0.25, 0.3) is 0 Å². The quantitative estimate of drug-likeness (QED) is 0.0177. The molecule has 9 atom stereocenters. The molecule has 1 aliphatic carbocycles. The van der Waals surface area contributed by atoms with Crippen molar-refractivity contribution >= 4 is 116 Å². The van der Waals surface area contributed by atoms with Crippen molar-refractivity contribution in [2.75, 3.05) is 45.0 Å². The summed E-state index contributed by atoms with van der Waals surface area (Å²) >= 11 is 0. The van der Waals surface area contributed by atoms with Crippen LogP contribution in [-0.4, -0.2) is 219 Å². The fraction of sp³-hybridized carbons (Fsp3) is 0.648. The van der Waals surface area contributed by atoms with E-state index in [0.717, 1.165) is 21.6 Å². The molecule has 0 radical (unpaired) electrons. The predicted molar refractivity (Wildman–Crippen MR) is 352 cm³/mol. The normalized spacial score (nSPS) is 22.2. The molecule has 2 heterocycles. The van der Waals surface area contributed by atoms with E-state index < -0.39 is 161 Å². The first-order valence-electron chi connectivity index (χ1n) is 30.6. The molecule has 1 unspecified atom stereocenters. The van der Waals surface area contributed by atoms with Gasteiger partial charge in [0.05, 0.1) is 36.6 Å². The lowest BCUT2D eigenvalue weighted by Crippen LogP contribution is -2.62. The number of aromatic nitrogens is 2. The number of aromatic amines is 1. The Morgan fingerprint density at radius 2 is 1.14 bits per heavy atom. The van der Waals surface area contributed by atoms with Gasteiger partial charge in [0.15, 0.2) is 23.8 Å². The lowest BCUT2D eigenvalue weighted by Gasteiger charge is -2.42. The van der Waals surface area contributed by atoms with Gasteiger partial charge < -0.3 is 120 Å². The number of nitrogens with one attached hydrogen (secondary N) is 11. The van der Waals surface area contributed by atoms with E-state index >= 15 is 0 Å². The molecular formula is C54H93N25O14S2. The first-order chi connectivity index (χ1) is 44.9. The maximum atomic E-state index is 14.9. The molecule has 1 spiro atoms. The number of carboxylic acid groups (broad SMARTS) is 2. The average molecular weight is 1380 g/mol. The van der Waals surface area contributed by atoms with E-state index in [2.05, 4.69) is 83.1 Å². The van der Waals surface area contributed by atoms with Crippen molar-refractivity contribution in [2.45, 2.75) is 169 Å². The molecule has 2 aliphatic rings. The smallest absolute Gasteiger partial charge is 0.326 e. The highest BCUT2D eigenvalue weighted by molar-refractivity contribution is 8.77. The number of H-pyrrole nitrogens is 1. The molecule has 1 saturated heterocycles. The highest BCUT2D eigenvalue weighted by atomic mass is 33.1. The molecular weight excluding hydrogens is 1290 g/mol. The first-order valence-corrected chi connectivity index (χ1v) is 32.9. The summed E-state index contributed by atoms with van der Waals surface area (Å²) in [4.78, 5) is 190. The van der Waals surface area contributed by atoms with Crippen molar-refractivity contribution in [3.8, 4) is 0 Å². The Labute approximate surface area is 555 Å². The lowest BCUT2D eigenvalue weighted by atomic mass is 9.82. The van der Waals surface area contributed by atoms with Crippen molar-refractivity contribution in [3.05, 3.63) is 18.2 Å². The standard InChI is InChI=1S/C54H93N25O14S2/c1-27(2)39-47(90)75-31(12-8-18-67-52(60)61)43(86)77-35(46(89)76-32(49(92)93)13-9-19-68-53(62)63)25-94-95-54(14-4-3-5-15-54)40(79-41(84)29(55)10-6-16-65-50(56)57)48(91)70-24-37(81)72-33(20-28-22-64-26-71-28)44(87)74-30(11-7-17-66-51(58)59)42(85)69-23-36(80)73-34(21-38(82)83)45(88)78-39/h22,26-27,29-35,39-40H,3-21,23-25,55H2,1-2H3,(H,64,71)(H,69,85)(H,70,91)(H,72,81)(H,73,80)(H,74,87)(H,75,90)(H,76,89)(H,77,86)(H,78,88)(H,79,84)(H,82,83)(H,92,93)(H4,56,57,65)(H4,58,59,66)(H4,60,61,67)(H4,62,63,68)/t29-,30-,31-,32-,33-,34-,35-,39-,40?/m0/s1. The number of carbonyl (C=O) groups is 12. The van der Waals surface area contributed by atoms with E-state index in [1.165, 1.54) is 26.4 Å². The molecule has 3 rings (SSSR count). The number of nitrogens with two attached hydrogens (primary N) is 9. The monoisotopic (exact) mass is 1380 g/mol. The number of aliphatic imine (C=N–C) groups is 4. The summed E-state index contributed by atoms with van der Waals surface area (Å²) in [7, 11) is 2.00. The summed E-state index contributed by atoms with van der Waals surface area (Å²) in [5, 5.41) is 45.3. The van der Waals surface area contributed by atoms with Gasteiger partial charge in [0.1, 0.15) is 48.3 Å². The zero-order valence-electron chi connectivity index (χ0n) is 53.0. The van der Waals surface area contributed by atoms with Crippen molar-refractivity contribution < 1.29 is 67.7 Å². The Kier molecular flexibility index (Phi) is 34.7. The minimum atomic E-state index is -1.90. The highest BCUT2D eigenvalue weighted by Crippen LogP contribution is 2.48. The molecule has 41 heteroatoms. The van der Waals surface area contributed by atoms with Gasteiger partial charge in [-0.1, -0.05) is 54.7 Å². The van der Waals surface area contributed by atoms with Crippen LogP contribution in [0.2, 0.25) is 0 Å². The summed E-state index contributed by atoms with van der Waals surface area (Å²) in [6, 6.07) is -14.0. The number of nitrogens with zero attached hydrogens (tertiary/aromatic N) is 5. The minimum Gasteiger partial charge on any atom is -0.481 e. The number of hydrogen-bond acceptors (Lipinski definition) is 20. The maximum absolute atomic E-state index is 14.9. The Bertz CT molecular complexity index is 2900. The number of rotatable bonds is 26. The zero-order valence-corrected chi connectivity index (χ0v) is 54.7. The predicted octanol–water partition coefficient (Wildman–Crippen LogP) is -8.08. The number of aliphatic carboxylic acids is 2. The molecule has 2 fully saturated rings. The molecule has 0 aromatic carbocycles. The molecule has 1 aliphatic heterocycles. The summed E-state index contributed by atoms with van der Waals surface area (Å²) in [6.45, 7) is 1.24. The van der Waals surface area contributed by atoms with Crippen LogP contribution in [0, 0.1) is 5.92 Å². The van der Waals surface area contributed by atoms with Crippen LogP contribution in [0.3, 0.4) is 0 Å². The van der Waals surface area contributed by atoms with Gasteiger partial charge in [-0.05, 0) is 70.1 Å². The van der Waals surface area contributed by atoms with Crippen LogP contribution < -0.4 is 105 Å². The molecule has 31 N–H and O–H groups in total. The van der Waals surface area contributed by atoms with Gasteiger partial charge in [-0.25, -0.2) is 9.78 Å². The van der Waals surface area contributed by atoms with Crippen LogP contribution in [0.5, 0.6) is 0 Å². The third kappa shape index (κ3) is 30.0. The van der Waals surface area contributed by atoms with Crippen LogP contribution in [0.25, 0.3) is 0 Å². The van der Waals surface area contributed by atoms with Crippen molar-refractivity contribution in [1.29, 1.82) is 0 Å². The Hall–Kier alpha value is -9.41.